The molecule has 1 rings (SSSR count). The second-order valence-electron chi connectivity index (χ2n) is 5.87. The number of aliphatic carboxylic acids is 1. The molecule has 0 aliphatic carbocycles. The zero-order valence-electron chi connectivity index (χ0n) is 15.2. The van der Waals surface area contributed by atoms with E-state index in [9.17, 15) is 20.0 Å². The molecule has 0 bridgehead atoms. The van der Waals surface area contributed by atoms with E-state index in [4.69, 9.17) is 9.47 Å². The van der Waals surface area contributed by atoms with E-state index in [0.29, 0.717) is 17.2 Å². The Hall–Kier alpha value is -3.21. The Kier molecular flexibility index (Phi) is 7.96. The summed E-state index contributed by atoms with van der Waals surface area (Å²) in [5.74, 6) is -0.790. The van der Waals surface area contributed by atoms with Gasteiger partial charge in [0.1, 0.15) is 29.2 Å². The van der Waals surface area contributed by atoms with Gasteiger partial charge in [0.05, 0.1) is 19.9 Å². The molecule has 0 aliphatic heterocycles. The minimum Gasteiger partial charge on any atom is -0.497 e. The molecule has 0 heterocycles. The third kappa shape index (κ3) is 6.02. The molecule has 1 unspecified atom stereocenters. The van der Waals surface area contributed by atoms with E-state index in [1.165, 1.54) is 20.4 Å². The number of hydrogen-bond acceptors (Lipinski definition) is 6. The molecule has 3 N–H and O–H groups in total. The first-order valence-corrected chi connectivity index (χ1v) is 7.94. The van der Waals surface area contributed by atoms with Crippen molar-refractivity contribution < 1.29 is 24.2 Å². The van der Waals surface area contributed by atoms with Crippen LogP contribution in [0.15, 0.2) is 30.0 Å². The highest BCUT2D eigenvalue weighted by atomic mass is 16.5. The standard InChI is InChI=1S/C18H23N3O5/c1-11(2)7-15(18(23)24)21-17(22)12(9-19)10-20-14-8-13(25-3)5-6-16(14)26-4/h5-6,8,10-11,15,20H,7H2,1-4H3,(H,21,22)(H,23,24)/b12-10-. The number of carboxylic acid groups (broad SMARTS) is 1. The van der Waals surface area contributed by atoms with Crippen LogP contribution in [-0.2, 0) is 9.59 Å². The van der Waals surface area contributed by atoms with Crippen LogP contribution in [0.4, 0.5) is 5.69 Å². The normalized spacial score (nSPS) is 12.1. The van der Waals surface area contributed by atoms with Crippen LogP contribution in [0, 0.1) is 17.2 Å². The molecular formula is C18H23N3O5. The highest BCUT2D eigenvalue weighted by Gasteiger charge is 2.22. The van der Waals surface area contributed by atoms with Gasteiger partial charge in [-0.3, -0.25) is 4.79 Å². The van der Waals surface area contributed by atoms with Crippen molar-refractivity contribution in [1.82, 2.24) is 5.32 Å². The second-order valence-corrected chi connectivity index (χ2v) is 5.87. The van der Waals surface area contributed by atoms with Crippen molar-refractivity contribution >= 4 is 17.6 Å². The Balaban J connectivity index is 2.96. The Labute approximate surface area is 152 Å². The summed E-state index contributed by atoms with van der Waals surface area (Å²) in [6.07, 6.45) is 1.46. The van der Waals surface area contributed by atoms with Crippen molar-refractivity contribution in [3.63, 3.8) is 0 Å². The molecule has 0 saturated carbocycles. The third-order valence-corrected chi connectivity index (χ3v) is 3.45. The maximum atomic E-state index is 12.2. The van der Waals surface area contributed by atoms with Crippen LogP contribution in [-0.4, -0.2) is 37.2 Å². The van der Waals surface area contributed by atoms with Gasteiger partial charge in [-0.2, -0.15) is 5.26 Å². The van der Waals surface area contributed by atoms with E-state index >= 15 is 0 Å². The van der Waals surface area contributed by atoms with Gasteiger partial charge in [0.15, 0.2) is 0 Å². The molecule has 1 atom stereocenters. The number of methoxy groups -OCH3 is 2. The van der Waals surface area contributed by atoms with E-state index in [0.717, 1.165) is 0 Å². The van der Waals surface area contributed by atoms with Gasteiger partial charge < -0.3 is 25.2 Å². The first-order chi connectivity index (χ1) is 12.3. The number of benzene rings is 1. The molecule has 8 heteroatoms. The number of carboxylic acids is 1. The Bertz CT molecular complexity index is 722. The lowest BCUT2D eigenvalue weighted by Gasteiger charge is -2.16. The zero-order chi connectivity index (χ0) is 19.7. The van der Waals surface area contributed by atoms with Crippen LogP contribution >= 0.6 is 0 Å². The molecular weight excluding hydrogens is 338 g/mol. The number of amides is 1. The average molecular weight is 361 g/mol. The monoisotopic (exact) mass is 361 g/mol. The summed E-state index contributed by atoms with van der Waals surface area (Å²) in [7, 11) is 2.99. The van der Waals surface area contributed by atoms with Crippen molar-refractivity contribution in [1.29, 1.82) is 5.26 Å². The van der Waals surface area contributed by atoms with Crippen molar-refractivity contribution in [2.75, 3.05) is 19.5 Å². The highest BCUT2D eigenvalue weighted by molar-refractivity contribution is 5.99. The fourth-order valence-corrected chi connectivity index (χ4v) is 2.15. The van der Waals surface area contributed by atoms with Crippen molar-refractivity contribution in [2.45, 2.75) is 26.3 Å². The van der Waals surface area contributed by atoms with Crippen LogP contribution in [0.5, 0.6) is 11.5 Å². The van der Waals surface area contributed by atoms with Gasteiger partial charge in [-0.15, -0.1) is 0 Å². The number of anilines is 1. The molecule has 0 aliphatic rings. The second kappa shape index (κ2) is 9.93. The average Bonchev–Trinajstić information content (AvgIpc) is 2.60. The fourth-order valence-electron chi connectivity index (χ4n) is 2.15. The predicted molar refractivity (Wildman–Crippen MR) is 95.9 cm³/mol. The van der Waals surface area contributed by atoms with Crippen LogP contribution in [0.25, 0.3) is 0 Å². The van der Waals surface area contributed by atoms with E-state index in [2.05, 4.69) is 10.6 Å². The Morgan fingerprint density at radius 3 is 2.50 bits per heavy atom. The van der Waals surface area contributed by atoms with Crippen molar-refractivity contribution in [2.24, 2.45) is 5.92 Å². The molecule has 0 radical (unpaired) electrons. The molecule has 0 fully saturated rings. The minimum atomic E-state index is -1.15. The molecule has 1 amide bonds. The lowest BCUT2D eigenvalue weighted by atomic mass is 10.0. The number of ether oxygens (including phenoxy) is 2. The minimum absolute atomic E-state index is 0.0742. The molecule has 8 nitrogen and oxygen atoms in total. The molecule has 0 spiro atoms. The lowest BCUT2D eigenvalue weighted by Crippen LogP contribution is -2.42. The number of carbonyl (C=O) groups excluding carboxylic acids is 1. The maximum Gasteiger partial charge on any atom is 0.326 e. The van der Waals surface area contributed by atoms with Gasteiger partial charge in [0, 0.05) is 12.3 Å². The zero-order valence-corrected chi connectivity index (χ0v) is 15.2. The topological polar surface area (TPSA) is 121 Å². The number of rotatable bonds is 9. The molecule has 0 saturated heterocycles. The quantitative estimate of drug-likeness (QED) is 0.455. The molecule has 1 aromatic rings. The van der Waals surface area contributed by atoms with Gasteiger partial charge in [-0.1, -0.05) is 13.8 Å². The Morgan fingerprint density at radius 2 is 2.00 bits per heavy atom. The largest absolute Gasteiger partial charge is 0.497 e. The van der Waals surface area contributed by atoms with E-state index < -0.39 is 17.9 Å². The predicted octanol–water partition coefficient (Wildman–Crippen LogP) is 2.14. The smallest absolute Gasteiger partial charge is 0.326 e. The van der Waals surface area contributed by atoms with E-state index in [1.54, 1.807) is 24.3 Å². The number of hydrogen-bond donors (Lipinski definition) is 3. The summed E-state index contributed by atoms with van der Waals surface area (Å²) < 4.78 is 10.3. The van der Waals surface area contributed by atoms with Gasteiger partial charge in [-0.05, 0) is 24.5 Å². The van der Waals surface area contributed by atoms with Crippen LogP contribution in [0.2, 0.25) is 0 Å². The lowest BCUT2D eigenvalue weighted by molar-refractivity contribution is -0.141. The van der Waals surface area contributed by atoms with Crippen molar-refractivity contribution in [3.8, 4) is 17.6 Å². The summed E-state index contributed by atoms with van der Waals surface area (Å²) >= 11 is 0. The van der Waals surface area contributed by atoms with E-state index in [-0.39, 0.29) is 17.9 Å². The first-order valence-electron chi connectivity index (χ1n) is 7.94. The fraction of sp³-hybridized carbons (Fsp3) is 0.389. The highest BCUT2D eigenvalue weighted by Crippen LogP contribution is 2.29. The van der Waals surface area contributed by atoms with Gasteiger partial charge >= 0.3 is 5.97 Å². The number of nitriles is 1. The molecule has 140 valence electrons. The third-order valence-electron chi connectivity index (χ3n) is 3.45. The van der Waals surface area contributed by atoms with Crippen LogP contribution in [0.3, 0.4) is 0 Å². The summed E-state index contributed by atoms with van der Waals surface area (Å²) in [4.78, 5) is 23.5. The number of nitrogens with one attached hydrogen (secondary N) is 2. The summed E-state index contributed by atoms with van der Waals surface area (Å²) in [6, 6.07) is 5.71. The maximum absolute atomic E-state index is 12.2. The SMILES string of the molecule is COc1ccc(OC)c(N/C=C(/C#N)C(=O)NC(CC(C)C)C(=O)O)c1. The number of nitrogens with zero attached hydrogens (tertiary/aromatic N) is 1. The molecule has 0 aromatic heterocycles. The van der Waals surface area contributed by atoms with Gasteiger partial charge in [-0.25, -0.2) is 4.79 Å². The van der Waals surface area contributed by atoms with Gasteiger partial charge in [0.2, 0.25) is 0 Å². The first kappa shape index (κ1) is 20.8. The molecule has 26 heavy (non-hydrogen) atoms. The number of carbonyl (C=O) groups is 2. The summed E-state index contributed by atoms with van der Waals surface area (Å²) in [5, 5.41) is 23.6. The van der Waals surface area contributed by atoms with Crippen LogP contribution < -0.4 is 20.1 Å². The Morgan fingerprint density at radius 1 is 1.31 bits per heavy atom. The van der Waals surface area contributed by atoms with Gasteiger partial charge in [0.25, 0.3) is 5.91 Å². The van der Waals surface area contributed by atoms with Crippen LogP contribution in [0.1, 0.15) is 20.3 Å². The van der Waals surface area contributed by atoms with E-state index in [1.807, 2.05) is 13.8 Å². The summed E-state index contributed by atoms with van der Waals surface area (Å²) in [6.45, 7) is 3.69. The van der Waals surface area contributed by atoms with Crippen molar-refractivity contribution in [3.05, 3.63) is 30.0 Å². The summed E-state index contributed by atoms with van der Waals surface area (Å²) in [5.41, 5.74) is 0.231. The molecule has 1 aromatic carbocycles.